The number of nitrogens with one attached hydrogen (secondary N) is 2. The molecule has 3 heterocycles. The van der Waals surface area contributed by atoms with Crippen molar-refractivity contribution in [1.29, 1.82) is 0 Å². The van der Waals surface area contributed by atoms with E-state index in [4.69, 9.17) is 4.74 Å². The van der Waals surface area contributed by atoms with Crippen molar-refractivity contribution in [2.24, 2.45) is 0 Å². The molecule has 0 aliphatic carbocycles. The van der Waals surface area contributed by atoms with Crippen LogP contribution >= 0.6 is 24.8 Å². The summed E-state index contributed by atoms with van der Waals surface area (Å²) in [6.07, 6.45) is 4.16. The highest BCUT2D eigenvalue weighted by Gasteiger charge is 2.22. The first-order valence-corrected chi connectivity index (χ1v) is 7.07. The lowest BCUT2D eigenvalue weighted by atomic mass is 10.2. The van der Waals surface area contributed by atoms with Crippen LogP contribution in [0.25, 0.3) is 0 Å². The van der Waals surface area contributed by atoms with Crippen LogP contribution in [-0.2, 0) is 4.74 Å². The van der Waals surface area contributed by atoms with Crippen LogP contribution in [0.4, 0.5) is 11.5 Å². The molecule has 3 rings (SSSR count). The zero-order chi connectivity index (χ0) is 13.1. The van der Waals surface area contributed by atoms with Crippen molar-refractivity contribution in [3.63, 3.8) is 0 Å². The lowest BCUT2D eigenvalue weighted by molar-refractivity contribution is 0.195. The molecule has 0 saturated carbocycles. The van der Waals surface area contributed by atoms with Gasteiger partial charge in [0.25, 0.3) is 0 Å². The number of hydrogen-bond donors (Lipinski definition) is 2. The third-order valence-electron chi connectivity index (χ3n) is 3.99. The van der Waals surface area contributed by atoms with Crippen LogP contribution in [-0.4, -0.2) is 50.4 Å². The number of hydrogen-bond acceptors (Lipinski definition) is 5. The van der Waals surface area contributed by atoms with Crippen LogP contribution in [0.1, 0.15) is 12.8 Å². The second-order valence-corrected chi connectivity index (χ2v) is 5.32. The minimum atomic E-state index is 0. The summed E-state index contributed by atoms with van der Waals surface area (Å²) < 4.78 is 5.38. The quantitative estimate of drug-likeness (QED) is 0.881. The van der Waals surface area contributed by atoms with E-state index in [9.17, 15) is 0 Å². The van der Waals surface area contributed by atoms with E-state index < -0.39 is 0 Å². The van der Waals surface area contributed by atoms with Crippen molar-refractivity contribution in [1.82, 2.24) is 10.3 Å². The summed E-state index contributed by atoms with van der Waals surface area (Å²) in [5, 5.41) is 6.80. The second kappa shape index (κ2) is 8.63. The fourth-order valence-electron chi connectivity index (χ4n) is 2.78. The first-order chi connectivity index (χ1) is 9.35. The molecule has 7 heteroatoms. The number of anilines is 2. The lowest BCUT2D eigenvalue weighted by Crippen LogP contribution is -2.29. The van der Waals surface area contributed by atoms with Gasteiger partial charge in [0.1, 0.15) is 5.82 Å². The molecule has 0 spiro atoms. The standard InChI is InChI=1S/C14H22N4O.2ClH/c1-15-11-3-6-18(9-11)13-2-5-16-14(8-13)17-12-4-7-19-10-12;;/h2,5,8,11-12,15H,3-4,6-7,9-10H2,1H3,(H,16,17);2*1H/t11-,12-;;/m1../s1. The van der Waals surface area contributed by atoms with Gasteiger partial charge in [-0.05, 0) is 26.0 Å². The highest BCUT2D eigenvalue weighted by atomic mass is 35.5. The van der Waals surface area contributed by atoms with Gasteiger partial charge in [-0.25, -0.2) is 4.98 Å². The monoisotopic (exact) mass is 334 g/mol. The molecule has 2 N–H and O–H groups in total. The Morgan fingerprint density at radius 2 is 2.14 bits per heavy atom. The number of aromatic nitrogens is 1. The van der Waals surface area contributed by atoms with E-state index in [1.807, 2.05) is 13.2 Å². The molecule has 2 atom stereocenters. The molecule has 2 aliphatic heterocycles. The van der Waals surface area contributed by atoms with E-state index in [0.717, 1.165) is 38.5 Å². The summed E-state index contributed by atoms with van der Waals surface area (Å²) in [4.78, 5) is 6.82. The van der Waals surface area contributed by atoms with Gasteiger partial charge >= 0.3 is 0 Å². The van der Waals surface area contributed by atoms with E-state index >= 15 is 0 Å². The highest BCUT2D eigenvalue weighted by Crippen LogP contribution is 2.23. The molecular weight excluding hydrogens is 311 g/mol. The molecule has 0 bridgehead atoms. The van der Waals surface area contributed by atoms with Crippen molar-refractivity contribution in [3.05, 3.63) is 18.3 Å². The van der Waals surface area contributed by atoms with Crippen LogP contribution < -0.4 is 15.5 Å². The third-order valence-corrected chi connectivity index (χ3v) is 3.99. The van der Waals surface area contributed by atoms with Crippen molar-refractivity contribution < 1.29 is 4.74 Å². The molecule has 21 heavy (non-hydrogen) atoms. The second-order valence-electron chi connectivity index (χ2n) is 5.32. The molecular formula is C14H24Cl2N4O. The summed E-state index contributed by atoms with van der Waals surface area (Å²) in [7, 11) is 2.04. The van der Waals surface area contributed by atoms with E-state index in [1.54, 1.807) is 0 Å². The average Bonchev–Trinajstić information content (AvgIpc) is 3.09. The predicted octanol–water partition coefficient (Wildman–Crippen LogP) is 1.92. The summed E-state index contributed by atoms with van der Waals surface area (Å²) in [5.74, 6) is 0.959. The maximum absolute atomic E-state index is 5.38. The Morgan fingerprint density at radius 1 is 1.29 bits per heavy atom. The Morgan fingerprint density at radius 3 is 2.81 bits per heavy atom. The van der Waals surface area contributed by atoms with E-state index in [1.165, 1.54) is 12.1 Å². The normalized spacial score (nSPS) is 24.3. The maximum atomic E-state index is 5.38. The van der Waals surface area contributed by atoms with Crippen LogP contribution in [0.2, 0.25) is 0 Å². The molecule has 1 aromatic heterocycles. The molecule has 0 unspecified atom stereocenters. The SMILES string of the molecule is CN[C@@H]1CCN(c2ccnc(N[C@@H]3CCOC3)c2)C1.Cl.Cl. The molecule has 0 aromatic carbocycles. The van der Waals surface area contributed by atoms with E-state index in [-0.39, 0.29) is 24.8 Å². The molecule has 2 aliphatic rings. The summed E-state index contributed by atoms with van der Waals surface area (Å²) in [6.45, 7) is 3.83. The average molecular weight is 335 g/mol. The first-order valence-electron chi connectivity index (χ1n) is 7.07. The molecule has 1 aromatic rings. The summed E-state index contributed by atoms with van der Waals surface area (Å²) in [6, 6.07) is 5.25. The molecule has 0 amide bonds. The van der Waals surface area contributed by atoms with Crippen molar-refractivity contribution >= 4 is 36.3 Å². The van der Waals surface area contributed by atoms with Crippen molar-refractivity contribution in [2.75, 3.05) is 43.6 Å². The minimum absolute atomic E-state index is 0. The zero-order valence-electron chi connectivity index (χ0n) is 12.2. The number of rotatable bonds is 4. The van der Waals surface area contributed by atoms with Gasteiger partial charge in [-0.1, -0.05) is 0 Å². The minimum Gasteiger partial charge on any atom is -0.379 e. The van der Waals surface area contributed by atoms with E-state index in [0.29, 0.717) is 12.1 Å². The topological polar surface area (TPSA) is 49.4 Å². The van der Waals surface area contributed by atoms with Crippen molar-refractivity contribution in [3.8, 4) is 0 Å². The number of halogens is 2. The number of ether oxygens (including phenoxy) is 1. The Bertz CT molecular complexity index is 429. The first kappa shape index (κ1) is 18.3. The van der Waals surface area contributed by atoms with Gasteiger partial charge in [0.15, 0.2) is 0 Å². The fourth-order valence-corrected chi connectivity index (χ4v) is 2.78. The van der Waals surface area contributed by atoms with Gasteiger partial charge in [0.05, 0.1) is 12.6 Å². The zero-order valence-corrected chi connectivity index (χ0v) is 13.9. The third kappa shape index (κ3) is 4.61. The molecule has 2 fully saturated rings. The van der Waals surface area contributed by atoms with Gasteiger partial charge in [-0.2, -0.15) is 0 Å². The maximum Gasteiger partial charge on any atom is 0.128 e. The van der Waals surface area contributed by atoms with Crippen LogP contribution in [0.15, 0.2) is 18.3 Å². The Hall–Kier alpha value is -0.750. The number of nitrogens with zero attached hydrogens (tertiary/aromatic N) is 2. The van der Waals surface area contributed by atoms with Gasteiger partial charge in [-0.15, -0.1) is 24.8 Å². The van der Waals surface area contributed by atoms with Crippen LogP contribution in [0.5, 0.6) is 0 Å². The van der Waals surface area contributed by atoms with Gasteiger partial charge in [0, 0.05) is 43.7 Å². The molecule has 0 radical (unpaired) electrons. The van der Waals surface area contributed by atoms with E-state index in [2.05, 4.69) is 32.7 Å². The smallest absolute Gasteiger partial charge is 0.128 e. The molecule has 120 valence electrons. The van der Waals surface area contributed by atoms with Crippen LogP contribution in [0, 0.1) is 0 Å². The highest BCUT2D eigenvalue weighted by molar-refractivity contribution is 5.85. The van der Waals surface area contributed by atoms with Gasteiger partial charge in [-0.3, -0.25) is 0 Å². The molecule has 5 nitrogen and oxygen atoms in total. The van der Waals surface area contributed by atoms with Gasteiger partial charge in [0.2, 0.25) is 0 Å². The Balaban J connectivity index is 0.00000110. The largest absolute Gasteiger partial charge is 0.379 e. The van der Waals surface area contributed by atoms with Crippen LogP contribution in [0.3, 0.4) is 0 Å². The van der Waals surface area contributed by atoms with Crippen molar-refractivity contribution in [2.45, 2.75) is 24.9 Å². The number of likely N-dealkylation sites (N-methyl/N-ethyl adjacent to an activating group) is 1. The Labute approximate surface area is 138 Å². The molecule has 2 saturated heterocycles. The summed E-state index contributed by atoms with van der Waals surface area (Å²) >= 11 is 0. The predicted molar refractivity (Wildman–Crippen MR) is 91.3 cm³/mol. The number of pyridine rings is 1. The lowest BCUT2D eigenvalue weighted by Gasteiger charge is -2.20. The fraction of sp³-hybridized carbons (Fsp3) is 0.643. The van der Waals surface area contributed by atoms with Gasteiger partial charge < -0.3 is 20.3 Å². The Kier molecular flexibility index (Phi) is 7.52. The summed E-state index contributed by atoms with van der Waals surface area (Å²) in [5.41, 5.74) is 1.26.